The highest BCUT2D eigenvalue weighted by atomic mass is 16.6. The maximum Gasteiger partial charge on any atom is 0.407 e. The van der Waals surface area contributed by atoms with Gasteiger partial charge in [-0.15, -0.1) is 0 Å². The van der Waals surface area contributed by atoms with Gasteiger partial charge in [-0.1, -0.05) is 44.1 Å². The third-order valence-electron chi connectivity index (χ3n) is 2.22. The summed E-state index contributed by atoms with van der Waals surface area (Å²) in [7, 11) is 0. The van der Waals surface area contributed by atoms with Crippen molar-refractivity contribution in [3.05, 3.63) is 24.3 Å². The van der Waals surface area contributed by atoms with E-state index in [1.807, 2.05) is 32.9 Å². The van der Waals surface area contributed by atoms with E-state index >= 15 is 0 Å². The lowest BCUT2D eigenvalue weighted by Gasteiger charge is -2.19. The average Bonchev–Trinajstić information content (AvgIpc) is 2.22. The Bertz CT molecular complexity index is 287. The standard InChI is InChI=1S/C15H27NO2/c1-6-7-8-10-13(2)11-9-12-16-14(17)18-15(3,4)5/h9,11H,2,6-8,10,12H2,1,3-5H3,(H,16,17)/b11-9+. The molecule has 0 bridgehead atoms. The van der Waals surface area contributed by atoms with Gasteiger partial charge < -0.3 is 10.1 Å². The molecule has 0 saturated carbocycles. The highest BCUT2D eigenvalue weighted by Gasteiger charge is 2.14. The average molecular weight is 253 g/mol. The minimum Gasteiger partial charge on any atom is -0.444 e. The molecule has 1 N–H and O–H groups in total. The number of allylic oxidation sites excluding steroid dienone is 2. The predicted octanol–water partition coefficient (Wildman–Crippen LogP) is 4.20. The molecule has 0 saturated heterocycles. The van der Waals surface area contributed by atoms with Crippen molar-refractivity contribution in [2.75, 3.05) is 6.54 Å². The zero-order valence-electron chi connectivity index (χ0n) is 12.2. The molecule has 1 amide bonds. The lowest BCUT2D eigenvalue weighted by Crippen LogP contribution is -2.32. The van der Waals surface area contributed by atoms with Crippen LogP contribution in [0.25, 0.3) is 0 Å². The number of hydrogen-bond acceptors (Lipinski definition) is 2. The number of amides is 1. The van der Waals surface area contributed by atoms with E-state index in [-0.39, 0.29) is 6.09 Å². The Kier molecular flexibility index (Phi) is 8.17. The van der Waals surface area contributed by atoms with Crippen molar-refractivity contribution in [1.29, 1.82) is 0 Å². The second-order valence-electron chi connectivity index (χ2n) is 5.40. The van der Waals surface area contributed by atoms with E-state index in [0.717, 1.165) is 12.0 Å². The molecule has 0 heterocycles. The third kappa shape index (κ3) is 11.2. The van der Waals surface area contributed by atoms with Crippen molar-refractivity contribution in [1.82, 2.24) is 5.32 Å². The van der Waals surface area contributed by atoms with Crippen molar-refractivity contribution < 1.29 is 9.53 Å². The van der Waals surface area contributed by atoms with Crippen LogP contribution in [0.5, 0.6) is 0 Å². The van der Waals surface area contributed by atoms with E-state index < -0.39 is 5.60 Å². The fourth-order valence-corrected chi connectivity index (χ4v) is 1.37. The number of alkyl carbamates (subject to hydrolysis) is 1. The van der Waals surface area contributed by atoms with Crippen LogP contribution < -0.4 is 5.32 Å². The van der Waals surface area contributed by atoms with E-state index in [4.69, 9.17) is 4.74 Å². The Labute approximate surface area is 111 Å². The molecular formula is C15H27NO2. The van der Waals surface area contributed by atoms with Crippen molar-refractivity contribution in [3.63, 3.8) is 0 Å². The monoisotopic (exact) mass is 253 g/mol. The summed E-state index contributed by atoms with van der Waals surface area (Å²) in [5.41, 5.74) is 0.659. The van der Waals surface area contributed by atoms with E-state index in [1.54, 1.807) is 0 Å². The highest BCUT2D eigenvalue weighted by Crippen LogP contribution is 2.08. The van der Waals surface area contributed by atoms with Gasteiger partial charge in [-0.2, -0.15) is 0 Å². The fourth-order valence-electron chi connectivity index (χ4n) is 1.37. The van der Waals surface area contributed by atoms with E-state index in [9.17, 15) is 4.79 Å². The van der Waals surface area contributed by atoms with Crippen molar-refractivity contribution >= 4 is 6.09 Å². The Morgan fingerprint density at radius 2 is 2.00 bits per heavy atom. The number of ether oxygens (including phenoxy) is 1. The molecule has 0 aromatic heterocycles. The number of hydrogen-bond donors (Lipinski definition) is 1. The third-order valence-corrected chi connectivity index (χ3v) is 2.22. The van der Waals surface area contributed by atoms with Gasteiger partial charge in [0.2, 0.25) is 0 Å². The molecule has 0 aromatic rings. The predicted molar refractivity (Wildman–Crippen MR) is 76.7 cm³/mol. The number of rotatable bonds is 7. The highest BCUT2D eigenvalue weighted by molar-refractivity contribution is 5.67. The summed E-state index contributed by atoms with van der Waals surface area (Å²) in [5, 5.41) is 2.67. The van der Waals surface area contributed by atoms with Gasteiger partial charge in [0.15, 0.2) is 0 Å². The largest absolute Gasteiger partial charge is 0.444 e. The van der Waals surface area contributed by atoms with Gasteiger partial charge in [0.25, 0.3) is 0 Å². The van der Waals surface area contributed by atoms with Crippen LogP contribution in [-0.2, 0) is 4.74 Å². The van der Waals surface area contributed by atoms with Gasteiger partial charge >= 0.3 is 6.09 Å². The van der Waals surface area contributed by atoms with Crippen LogP contribution in [0.15, 0.2) is 24.3 Å². The Hall–Kier alpha value is -1.25. The summed E-state index contributed by atoms with van der Waals surface area (Å²) in [5.74, 6) is 0. The summed E-state index contributed by atoms with van der Waals surface area (Å²) >= 11 is 0. The lowest BCUT2D eigenvalue weighted by molar-refractivity contribution is 0.0534. The van der Waals surface area contributed by atoms with Crippen LogP contribution in [0, 0.1) is 0 Å². The maximum absolute atomic E-state index is 11.3. The minimum absolute atomic E-state index is 0.385. The van der Waals surface area contributed by atoms with Crippen molar-refractivity contribution in [2.24, 2.45) is 0 Å². The molecule has 0 rings (SSSR count). The van der Waals surface area contributed by atoms with Gasteiger partial charge in [-0.3, -0.25) is 0 Å². The van der Waals surface area contributed by atoms with E-state index in [0.29, 0.717) is 6.54 Å². The number of unbranched alkanes of at least 4 members (excludes halogenated alkanes) is 2. The molecule has 0 aliphatic carbocycles. The smallest absolute Gasteiger partial charge is 0.407 e. The Morgan fingerprint density at radius 1 is 1.33 bits per heavy atom. The quantitative estimate of drug-likeness (QED) is 0.545. The summed E-state index contributed by atoms with van der Waals surface area (Å²) in [6.07, 6.45) is 8.14. The fraction of sp³-hybridized carbons (Fsp3) is 0.667. The zero-order chi connectivity index (χ0) is 14.0. The summed E-state index contributed by atoms with van der Waals surface area (Å²) in [4.78, 5) is 11.3. The van der Waals surface area contributed by atoms with Crippen LogP contribution >= 0.6 is 0 Å². The van der Waals surface area contributed by atoms with E-state index in [1.165, 1.54) is 19.3 Å². The van der Waals surface area contributed by atoms with Crippen molar-refractivity contribution in [3.8, 4) is 0 Å². The molecule has 0 aromatic carbocycles. The first-order valence-electron chi connectivity index (χ1n) is 6.66. The SMILES string of the molecule is C=C(/C=C/CNC(=O)OC(C)(C)C)CCCCC. The molecule has 0 aliphatic rings. The summed E-state index contributed by atoms with van der Waals surface area (Å²) in [6.45, 7) is 12.2. The summed E-state index contributed by atoms with van der Waals surface area (Å²) < 4.78 is 5.12. The van der Waals surface area contributed by atoms with Gasteiger partial charge in [-0.25, -0.2) is 4.79 Å². The first-order chi connectivity index (χ1) is 8.35. The Balaban J connectivity index is 3.70. The maximum atomic E-state index is 11.3. The van der Waals surface area contributed by atoms with Gasteiger partial charge in [0, 0.05) is 6.54 Å². The molecule has 0 unspecified atom stereocenters. The Morgan fingerprint density at radius 3 is 2.56 bits per heavy atom. The second-order valence-corrected chi connectivity index (χ2v) is 5.40. The molecule has 3 nitrogen and oxygen atoms in total. The number of carbonyl (C=O) groups is 1. The second kappa shape index (κ2) is 8.78. The molecule has 18 heavy (non-hydrogen) atoms. The molecule has 0 radical (unpaired) electrons. The van der Waals surface area contributed by atoms with Crippen molar-refractivity contribution in [2.45, 2.75) is 59.0 Å². The van der Waals surface area contributed by atoms with E-state index in [2.05, 4.69) is 18.8 Å². The minimum atomic E-state index is -0.447. The van der Waals surface area contributed by atoms with Crippen LogP contribution in [0.3, 0.4) is 0 Å². The first kappa shape index (κ1) is 16.8. The van der Waals surface area contributed by atoms with Gasteiger partial charge in [-0.05, 0) is 33.6 Å². The summed E-state index contributed by atoms with van der Waals surface area (Å²) in [6, 6.07) is 0. The van der Waals surface area contributed by atoms with Gasteiger partial charge in [0.1, 0.15) is 5.60 Å². The normalized spacial score (nSPS) is 11.6. The number of nitrogens with one attached hydrogen (secondary N) is 1. The van der Waals surface area contributed by atoms with Crippen LogP contribution in [-0.4, -0.2) is 18.2 Å². The molecule has 0 atom stereocenters. The van der Waals surface area contributed by atoms with Crippen LogP contribution in [0.2, 0.25) is 0 Å². The molecule has 104 valence electrons. The lowest BCUT2D eigenvalue weighted by atomic mass is 10.1. The first-order valence-corrected chi connectivity index (χ1v) is 6.66. The molecule has 0 spiro atoms. The molecule has 0 aliphatic heterocycles. The molecule has 0 fully saturated rings. The van der Waals surface area contributed by atoms with Gasteiger partial charge in [0.05, 0.1) is 0 Å². The van der Waals surface area contributed by atoms with Crippen LogP contribution in [0.4, 0.5) is 4.79 Å². The zero-order valence-corrected chi connectivity index (χ0v) is 12.2. The topological polar surface area (TPSA) is 38.3 Å². The molecule has 3 heteroatoms. The number of carbonyl (C=O) groups excluding carboxylic acids is 1. The van der Waals surface area contributed by atoms with Crippen LogP contribution in [0.1, 0.15) is 53.4 Å². The molecular weight excluding hydrogens is 226 g/mol.